The molecule has 15 aromatic rings. The van der Waals surface area contributed by atoms with E-state index in [1.54, 1.807) is 25.3 Å². The molecule has 0 aliphatic carbocycles. The van der Waals surface area contributed by atoms with Gasteiger partial charge in [0, 0.05) is 79.3 Å². The first-order valence-electron chi connectivity index (χ1n) is 23.7. The van der Waals surface area contributed by atoms with Gasteiger partial charge in [-0.2, -0.15) is 0 Å². The van der Waals surface area contributed by atoms with Gasteiger partial charge >= 0.3 is 0 Å². The van der Waals surface area contributed by atoms with Gasteiger partial charge < -0.3 is 9.13 Å². The van der Waals surface area contributed by atoms with Gasteiger partial charge in [0.2, 0.25) is 0 Å². The van der Waals surface area contributed by atoms with Crippen molar-refractivity contribution in [1.29, 1.82) is 0 Å². The van der Waals surface area contributed by atoms with Crippen molar-refractivity contribution in [1.82, 2.24) is 49.0 Å². The Morgan fingerprint density at radius 3 is 0.917 bits per heavy atom. The number of rotatable bonds is 6. The van der Waals surface area contributed by atoms with Gasteiger partial charge in [0.1, 0.15) is 25.3 Å². The molecule has 0 bridgehead atoms. The van der Waals surface area contributed by atoms with Crippen molar-refractivity contribution in [2.24, 2.45) is 0 Å². The highest BCUT2D eigenvalue weighted by Crippen LogP contribution is 2.44. The number of fused-ring (bicyclic) bond motifs is 11. The number of hydrogen-bond acceptors (Lipinski definition) is 8. The Bertz CT molecular complexity index is 4230. The Morgan fingerprint density at radius 1 is 0.264 bits per heavy atom. The van der Waals surface area contributed by atoms with Gasteiger partial charge in [-0.05, 0) is 154 Å². The lowest BCUT2D eigenvalue weighted by molar-refractivity contribution is 1.17. The Morgan fingerprint density at radius 2 is 0.583 bits per heavy atom. The van der Waals surface area contributed by atoms with E-state index >= 15 is 0 Å². The Balaban J connectivity index is 0.987. The second-order valence-corrected chi connectivity index (χ2v) is 18.3. The SMILES string of the molecule is c1ccc2c(c1)c1c3c4ccccc4n(-c4cc(-c5ccc6ncncc6c5)cc(-c5ccc6ncncc6c5)c4)c3ccc1n2-c1cc(-c2ccc3ncncc3c2)cc(-c2ccc3ncncc3c2)c1. The van der Waals surface area contributed by atoms with Crippen LogP contribution in [-0.2, 0) is 0 Å². The van der Waals surface area contributed by atoms with Crippen LogP contribution in [-0.4, -0.2) is 49.0 Å². The van der Waals surface area contributed by atoms with E-state index in [4.69, 9.17) is 0 Å². The normalized spacial score (nSPS) is 11.9. The highest BCUT2D eigenvalue weighted by molar-refractivity contribution is 6.29. The summed E-state index contributed by atoms with van der Waals surface area (Å²) in [6.45, 7) is 0. The molecule has 0 atom stereocenters. The first-order chi connectivity index (χ1) is 35.6. The van der Waals surface area contributed by atoms with E-state index in [0.29, 0.717) is 0 Å². The molecule has 0 saturated carbocycles. The molecule has 6 heterocycles. The molecule has 9 aromatic carbocycles. The maximum atomic E-state index is 4.52. The molecule has 0 amide bonds. The third-order valence-corrected chi connectivity index (χ3v) is 14.2. The van der Waals surface area contributed by atoms with Gasteiger partial charge in [0.25, 0.3) is 0 Å². The van der Waals surface area contributed by atoms with Crippen molar-refractivity contribution >= 4 is 87.2 Å². The number of nitrogens with zero attached hydrogens (tertiary/aromatic N) is 10. The van der Waals surface area contributed by atoms with Crippen LogP contribution in [0.5, 0.6) is 0 Å². The number of benzene rings is 9. The van der Waals surface area contributed by atoms with E-state index in [1.165, 1.54) is 21.5 Å². The van der Waals surface area contributed by atoms with Crippen molar-refractivity contribution in [3.05, 3.63) is 220 Å². The number of para-hydroxylation sites is 2. The van der Waals surface area contributed by atoms with E-state index in [0.717, 1.165) is 122 Å². The van der Waals surface area contributed by atoms with E-state index in [-0.39, 0.29) is 0 Å². The van der Waals surface area contributed by atoms with Crippen molar-refractivity contribution in [2.75, 3.05) is 0 Å². The predicted molar refractivity (Wildman–Crippen MR) is 289 cm³/mol. The number of hydrogen-bond donors (Lipinski definition) is 0. The van der Waals surface area contributed by atoms with Crippen LogP contribution in [0.1, 0.15) is 0 Å². The van der Waals surface area contributed by atoms with E-state index < -0.39 is 0 Å². The van der Waals surface area contributed by atoms with Crippen LogP contribution >= 0.6 is 0 Å². The van der Waals surface area contributed by atoms with Crippen molar-refractivity contribution < 1.29 is 0 Å². The summed E-state index contributed by atoms with van der Waals surface area (Å²) in [5.74, 6) is 0. The molecule has 0 fully saturated rings. The lowest BCUT2D eigenvalue weighted by Gasteiger charge is -2.15. The third kappa shape index (κ3) is 6.36. The third-order valence-electron chi connectivity index (χ3n) is 14.2. The highest BCUT2D eigenvalue weighted by Gasteiger charge is 2.22. The zero-order chi connectivity index (χ0) is 47.3. The van der Waals surface area contributed by atoms with E-state index in [2.05, 4.69) is 219 Å². The summed E-state index contributed by atoms with van der Waals surface area (Å²) in [4.78, 5) is 35.5. The Hall–Kier alpha value is -10.1. The summed E-state index contributed by atoms with van der Waals surface area (Å²) in [6.07, 6.45) is 13.9. The van der Waals surface area contributed by atoms with Crippen molar-refractivity contribution in [3.63, 3.8) is 0 Å². The molecule has 0 saturated heterocycles. The summed E-state index contributed by atoms with van der Waals surface area (Å²) in [5.41, 5.74) is 18.8. The molecule has 334 valence electrons. The minimum atomic E-state index is 0.903. The molecule has 0 N–H and O–H groups in total. The average molecular weight is 921 g/mol. The largest absolute Gasteiger partial charge is 0.309 e. The molecule has 10 nitrogen and oxygen atoms in total. The summed E-state index contributed by atoms with van der Waals surface area (Å²) >= 11 is 0. The van der Waals surface area contributed by atoms with Crippen LogP contribution in [0.4, 0.5) is 0 Å². The van der Waals surface area contributed by atoms with E-state index in [9.17, 15) is 0 Å². The maximum Gasteiger partial charge on any atom is 0.116 e. The molecule has 0 aliphatic rings. The topological polar surface area (TPSA) is 113 Å². The monoisotopic (exact) mass is 920 g/mol. The maximum absolute atomic E-state index is 4.52. The quantitative estimate of drug-likeness (QED) is 0.162. The van der Waals surface area contributed by atoms with Crippen LogP contribution in [0.25, 0.3) is 143 Å². The fourth-order valence-electron chi connectivity index (χ4n) is 10.9. The second kappa shape index (κ2) is 15.7. The molecule has 0 unspecified atom stereocenters. The van der Waals surface area contributed by atoms with Crippen LogP contribution in [0.15, 0.2) is 220 Å². The minimum Gasteiger partial charge on any atom is -0.309 e. The van der Waals surface area contributed by atoms with Gasteiger partial charge in [-0.25, -0.2) is 39.9 Å². The van der Waals surface area contributed by atoms with Gasteiger partial charge in [-0.15, -0.1) is 0 Å². The fraction of sp³-hybridized carbons (Fsp3) is 0. The molecule has 72 heavy (non-hydrogen) atoms. The smallest absolute Gasteiger partial charge is 0.116 e. The molecule has 0 aliphatic heterocycles. The first kappa shape index (κ1) is 39.9. The van der Waals surface area contributed by atoms with Crippen LogP contribution in [0, 0.1) is 0 Å². The second-order valence-electron chi connectivity index (χ2n) is 18.3. The average Bonchev–Trinajstić information content (AvgIpc) is 3.97. The Kier molecular flexibility index (Phi) is 8.72. The number of aromatic nitrogens is 10. The highest BCUT2D eigenvalue weighted by atomic mass is 15.0. The lowest BCUT2D eigenvalue weighted by atomic mass is 9.96. The standard InChI is InChI=1S/C62H36N10/c1-3-7-57-51(5-1)61-59(71(57)49-25-41(37-9-13-53-45(19-37)29-63-33-67-53)23-42(26-49)38-10-14-54-46(20-38)30-64-34-68-54)17-18-60-62(61)52-6-2-4-8-58(52)72(60)50-27-43(39-11-15-55-47(21-39)31-65-35-69-55)24-44(28-50)40-12-16-56-48(22-40)32-66-36-70-56/h1-36H. The molecule has 15 rings (SSSR count). The zero-order valence-corrected chi connectivity index (χ0v) is 38.3. The van der Waals surface area contributed by atoms with Crippen LogP contribution in [0.3, 0.4) is 0 Å². The summed E-state index contributed by atoms with van der Waals surface area (Å²) in [7, 11) is 0. The molecular formula is C62H36N10. The minimum absolute atomic E-state index is 0.903. The summed E-state index contributed by atoms with van der Waals surface area (Å²) < 4.78 is 4.87. The Labute approximate surface area is 410 Å². The molecule has 0 radical (unpaired) electrons. The lowest BCUT2D eigenvalue weighted by Crippen LogP contribution is -1.97. The zero-order valence-electron chi connectivity index (χ0n) is 38.3. The van der Waals surface area contributed by atoms with E-state index in [1.807, 2.05) is 24.8 Å². The van der Waals surface area contributed by atoms with Crippen LogP contribution < -0.4 is 0 Å². The summed E-state index contributed by atoms with van der Waals surface area (Å²) in [5, 5.41) is 8.66. The van der Waals surface area contributed by atoms with Gasteiger partial charge in [0.15, 0.2) is 0 Å². The molecule has 6 aromatic heterocycles. The van der Waals surface area contributed by atoms with Crippen molar-refractivity contribution in [3.8, 4) is 55.9 Å². The first-order valence-corrected chi connectivity index (χ1v) is 23.7. The summed E-state index contributed by atoms with van der Waals surface area (Å²) in [6, 6.07) is 61.6. The fourth-order valence-corrected chi connectivity index (χ4v) is 10.9. The molecular weight excluding hydrogens is 885 g/mol. The van der Waals surface area contributed by atoms with Gasteiger partial charge in [0.05, 0.1) is 44.1 Å². The predicted octanol–water partition coefficient (Wildman–Crippen LogP) is 14.3. The molecule has 10 heteroatoms. The van der Waals surface area contributed by atoms with Crippen LogP contribution in [0.2, 0.25) is 0 Å². The van der Waals surface area contributed by atoms with Crippen molar-refractivity contribution in [2.45, 2.75) is 0 Å². The molecule has 0 spiro atoms. The van der Waals surface area contributed by atoms with Gasteiger partial charge in [-0.1, -0.05) is 60.7 Å². The van der Waals surface area contributed by atoms with Gasteiger partial charge in [-0.3, -0.25) is 0 Å².